The van der Waals surface area contributed by atoms with Gasteiger partial charge in [0.25, 0.3) is 0 Å². The molecule has 0 heterocycles. The fraction of sp³-hybridized carbons (Fsp3) is 0.562. The highest BCUT2D eigenvalue weighted by Crippen LogP contribution is 2.35. The van der Waals surface area contributed by atoms with E-state index in [0.717, 1.165) is 0 Å². The first-order valence-electron chi connectivity index (χ1n) is 6.49. The first-order chi connectivity index (χ1) is 8.20. The van der Waals surface area contributed by atoms with Gasteiger partial charge in [-0.3, -0.25) is 0 Å². The van der Waals surface area contributed by atoms with Crippen molar-refractivity contribution in [1.29, 1.82) is 5.26 Å². The number of rotatable bonds is 4. The molecule has 0 aliphatic heterocycles. The largest absolute Gasteiger partial charge is 0.309 e. The predicted molar refractivity (Wildman–Crippen MR) is 76.5 cm³/mol. The van der Waals surface area contributed by atoms with Gasteiger partial charge in [-0.05, 0) is 31.5 Å². The summed E-state index contributed by atoms with van der Waals surface area (Å²) in [4.78, 5) is 0. The third kappa shape index (κ3) is 2.91. The van der Waals surface area contributed by atoms with E-state index in [1.165, 1.54) is 5.56 Å². The quantitative estimate of drug-likeness (QED) is 0.878. The van der Waals surface area contributed by atoms with Crippen LogP contribution in [0.1, 0.15) is 52.7 Å². The predicted octanol–water partition coefficient (Wildman–Crippen LogP) is 3.61. The first-order valence-corrected chi connectivity index (χ1v) is 6.49. The van der Waals surface area contributed by atoms with E-state index < -0.39 is 0 Å². The molecule has 0 spiro atoms. The Hall–Kier alpha value is -1.33. The molecule has 0 atom stereocenters. The van der Waals surface area contributed by atoms with Crippen LogP contribution in [-0.4, -0.2) is 11.6 Å². The Morgan fingerprint density at radius 2 is 1.56 bits per heavy atom. The van der Waals surface area contributed by atoms with Gasteiger partial charge in [0.2, 0.25) is 0 Å². The first kappa shape index (κ1) is 14.7. The third-order valence-corrected chi connectivity index (χ3v) is 3.95. The van der Waals surface area contributed by atoms with Gasteiger partial charge >= 0.3 is 0 Å². The number of hydrogen-bond donors (Lipinski definition) is 1. The van der Waals surface area contributed by atoms with Crippen LogP contribution in [0.15, 0.2) is 24.3 Å². The molecular formula is C16H24N2. The molecular weight excluding hydrogens is 220 g/mol. The molecule has 2 heteroatoms. The van der Waals surface area contributed by atoms with Crippen LogP contribution in [0, 0.1) is 11.3 Å². The topological polar surface area (TPSA) is 35.8 Å². The highest BCUT2D eigenvalue weighted by Gasteiger charge is 2.38. The van der Waals surface area contributed by atoms with E-state index >= 15 is 0 Å². The van der Waals surface area contributed by atoms with Crippen LogP contribution in [0.25, 0.3) is 0 Å². The van der Waals surface area contributed by atoms with Gasteiger partial charge in [0, 0.05) is 17.0 Å². The highest BCUT2D eigenvalue weighted by atomic mass is 15.0. The molecule has 0 aliphatic rings. The lowest BCUT2D eigenvalue weighted by atomic mass is 9.69. The molecule has 0 radical (unpaired) electrons. The second-order valence-corrected chi connectivity index (χ2v) is 6.24. The van der Waals surface area contributed by atoms with Crippen molar-refractivity contribution in [2.24, 2.45) is 0 Å². The zero-order valence-corrected chi connectivity index (χ0v) is 12.3. The summed E-state index contributed by atoms with van der Waals surface area (Å²) in [5.41, 5.74) is 1.93. The van der Waals surface area contributed by atoms with Crippen LogP contribution in [-0.2, 0) is 5.41 Å². The molecule has 0 amide bonds. The van der Waals surface area contributed by atoms with Crippen molar-refractivity contribution in [3.63, 3.8) is 0 Å². The second-order valence-electron chi connectivity index (χ2n) is 6.24. The van der Waals surface area contributed by atoms with E-state index in [2.05, 4.69) is 65.1 Å². The summed E-state index contributed by atoms with van der Waals surface area (Å²) in [5.74, 6) is 0. The van der Waals surface area contributed by atoms with Gasteiger partial charge in [-0.15, -0.1) is 0 Å². The van der Waals surface area contributed by atoms with Gasteiger partial charge in [0.05, 0.1) is 11.6 Å². The van der Waals surface area contributed by atoms with Crippen LogP contribution in [0.2, 0.25) is 0 Å². The third-order valence-electron chi connectivity index (χ3n) is 3.95. The van der Waals surface area contributed by atoms with Crippen LogP contribution in [0.4, 0.5) is 0 Å². The van der Waals surface area contributed by atoms with E-state index in [9.17, 15) is 0 Å². The molecule has 2 nitrogen and oxygen atoms in total. The van der Waals surface area contributed by atoms with E-state index in [4.69, 9.17) is 5.26 Å². The summed E-state index contributed by atoms with van der Waals surface area (Å²) >= 11 is 0. The van der Waals surface area contributed by atoms with Crippen LogP contribution < -0.4 is 5.32 Å². The summed E-state index contributed by atoms with van der Waals surface area (Å²) in [6, 6.07) is 10.5. The molecule has 1 aromatic carbocycles. The number of nitrogens with one attached hydrogen (secondary N) is 1. The maximum absolute atomic E-state index is 8.85. The molecule has 0 unspecified atom stereocenters. The van der Waals surface area contributed by atoms with Gasteiger partial charge in [-0.25, -0.2) is 0 Å². The molecule has 0 fully saturated rings. The normalized spacial score (nSPS) is 12.6. The van der Waals surface area contributed by atoms with Crippen LogP contribution in [0.5, 0.6) is 0 Å². The molecule has 0 aliphatic carbocycles. The average Bonchev–Trinajstić information content (AvgIpc) is 2.27. The standard InChI is InChI=1S/C16H24N2/c1-12(2)18-16(5,6)15(3,4)14-9-7-13(11-17)8-10-14/h7-10,12,18H,1-6H3. The van der Waals surface area contributed by atoms with E-state index in [1.54, 1.807) is 0 Å². The summed E-state index contributed by atoms with van der Waals surface area (Å²) < 4.78 is 0. The number of hydrogen-bond acceptors (Lipinski definition) is 2. The van der Waals surface area contributed by atoms with Crippen LogP contribution >= 0.6 is 0 Å². The second kappa shape index (κ2) is 5.12. The van der Waals surface area contributed by atoms with Crippen molar-refractivity contribution in [3.8, 4) is 6.07 Å². The fourth-order valence-electron chi connectivity index (χ4n) is 2.22. The minimum Gasteiger partial charge on any atom is -0.309 e. The minimum atomic E-state index is -0.0185. The van der Waals surface area contributed by atoms with Gasteiger partial charge in [-0.2, -0.15) is 5.26 Å². The highest BCUT2D eigenvalue weighted by molar-refractivity contribution is 5.36. The van der Waals surface area contributed by atoms with Crippen molar-refractivity contribution >= 4 is 0 Å². The van der Waals surface area contributed by atoms with Crippen molar-refractivity contribution in [2.75, 3.05) is 0 Å². The summed E-state index contributed by atoms with van der Waals surface area (Å²) in [7, 11) is 0. The summed E-state index contributed by atoms with van der Waals surface area (Å²) in [5, 5.41) is 12.5. The number of nitrogens with zero attached hydrogens (tertiary/aromatic N) is 1. The van der Waals surface area contributed by atoms with Gasteiger partial charge in [0.1, 0.15) is 0 Å². The summed E-state index contributed by atoms with van der Waals surface area (Å²) in [6.45, 7) is 13.3. The van der Waals surface area contributed by atoms with E-state index in [-0.39, 0.29) is 11.0 Å². The van der Waals surface area contributed by atoms with Gasteiger partial charge in [0.15, 0.2) is 0 Å². The molecule has 18 heavy (non-hydrogen) atoms. The Morgan fingerprint density at radius 1 is 1.06 bits per heavy atom. The van der Waals surface area contributed by atoms with Crippen molar-refractivity contribution in [1.82, 2.24) is 5.32 Å². The Labute approximate surface area is 111 Å². The monoisotopic (exact) mass is 244 g/mol. The van der Waals surface area contributed by atoms with Crippen LogP contribution in [0.3, 0.4) is 0 Å². The molecule has 98 valence electrons. The Morgan fingerprint density at radius 3 is 1.94 bits per heavy atom. The minimum absolute atomic E-state index is 0.00867. The lowest BCUT2D eigenvalue weighted by Crippen LogP contribution is -2.56. The zero-order valence-electron chi connectivity index (χ0n) is 12.3. The smallest absolute Gasteiger partial charge is 0.0991 e. The van der Waals surface area contributed by atoms with E-state index in [1.807, 2.05) is 12.1 Å². The van der Waals surface area contributed by atoms with E-state index in [0.29, 0.717) is 11.6 Å². The maximum atomic E-state index is 8.85. The lowest BCUT2D eigenvalue weighted by Gasteiger charge is -2.44. The molecule has 0 saturated heterocycles. The van der Waals surface area contributed by atoms with Gasteiger partial charge < -0.3 is 5.32 Å². The fourth-order valence-corrected chi connectivity index (χ4v) is 2.22. The Balaban J connectivity index is 3.07. The zero-order chi connectivity index (χ0) is 14.0. The molecule has 1 N–H and O–H groups in total. The summed E-state index contributed by atoms with van der Waals surface area (Å²) in [6.07, 6.45) is 0. The number of benzene rings is 1. The van der Waals surface area contributed by atoms with Gasteiger partial charge in [-0.1, -0.05) is 39.8 Å². The molecule has 0 bridgehead atoms. The van der Waals surface area contributed by atoms with Crippen molar-refractivity contribution < 1.29 is 0 Å². The lowest BCUT2D eigenvalue weighted by molar-refractivity contribution is 0.222. The molecule has 0 aromatic heterocycles. The molecule has 0 saturated carbocycles. The SMILES string of the molecule is CC(C)NC(C)(C)C(C)(C)c1ccc(C#N)cc1. The Bertz CT molecular complexity index is 433. The maximum Gasteiger partial charge on any atom is 0.0991 e. The Kier molecular flexibility index (Phi) is 4.19. The van der Waals surface area contributed by atoms with Crippen molar-refractivity contribution in [3.05, 3.63) is 35.4 Å². The molecule has 1 rings (SSSR count). The number of nitriles is 1. The average molecular weight is 244 g/mol. The molecule has 1 aromatic rings. The van der Waals surface area contributed by atoms with Crippen molar-refractivity contribution in [2.45, 2.75) is 58.5 Å².